The van der Waals surface area contributed by atoms with E-state index < -0.39 is 23.7 Å². The summed E-state index contributed by atoms with van der Waals surface area (Å²) >= 11 is 0. The lowest BCUT2D eigenvalue weighted by atomic mass is 9.97. The standard InChI is InChI=1S/C29H25FN4O2/c1-19-5-2-3-8-25(19)27(28(35)33-23-12-10-22(30)11-13-23)34(29(36)26-18-31-15-16-32-26)24-14-9-20-6-4-7-21(20)17-24/h2-3,5,8-18,27H,4,6-7H2,1H3,(H,33,35)/t27-/m0/s1. The Morgan fingerprint density at radius 2 is 1.75 bits per heavy atom. The van der Waals surface area contributed by atoms with Gasteiger partial charge in [-0.25, -0.2) is 9.37 Å². The molecule has 0 aliphatic heterocycles. The van der Waals surface area contributed by atoms with Gasteiger partial charge in [0.2, 0.25) is 0 Å². The van der Waals surface area contributed by atoms with E-state index in [1.807, 2.05) is 49.4 Å². The van der Waals surface area contributed by atoms with Crippen LogP contribution >= 0.6 is 0 Å². The van der Waals surface area contributed by atoms with E-state index in [0.29, 0.717) is 16.9 Å². The minimum atomic E-state index is -1.01. The van der Waals surface area contributed by atoms with Crippen molar-refractivity contribution in [3.05, 3.63) is 119 Å². The maximum atomic E-state index is 14.0. The van der Waals surface area contributed by atoms with Gasteiger partial charge in [-0.15, -0.1) is 0 Å². The van der Waals surface area contributed by atoms with Crippen LogP contribution in [-0.4, -0.2) is 21.8 Å². The van der Waals surface area contributed by atoms with Crippen LogP contribution in [0.15, 0.2) is 85.3 Å². The van der Waals surface area contributed by atoms with E-state index in [1.54, 1.807) is 0 Å². The van der Waals surface area contributed by atoms with E-state index in [0.717, 1.165) is 24.8 Å². The zero-order valence-corrected chi connectivity index (χ0v) is 19.8. The van der Waals surface area contributed by atoms with Crippen molar-refractivity contribution in [2.45, 2.75) is 32.2 Å². The lowest BCUT2D eigenvalue weighted by Crippen LogP contribution is -2.42. The van der Waals surface area contributed by atoms with Crippen molar-refractivity contribution in [1.82, 2.24) is 9.97 Å². The van der Waals surface area contributed by atoms with Gasteiger partial charge in [0.25, 0.3) is 11.8 Å². The van der Waals surface area contributed by atoms with Crippen LogP contribution in [0.5, 0.6) is 0 Å². The van der Waals surface area contributed by atoms with E-state index in [9.17, 15) is 14.0 Å². The molecule has 6 nitrogen and oxygen atoms in total. The van der Waals surface area contributed by atoms with Crippen molar-refractivity contribution < 1.29 is 14.0 Å². The first-order valence-corrected chi connectivity index (χ1v) is 11.8. The van der Waals surface area contributed by atoms with Gasteiger partial charge in [0.05, 0.1) is 6.20 Å². The predicted octanol–water partition coefficient (Wildman–Crippen LogP) is 5.44. The molecule has 0 spiro atoms. The molecule has 180 valence electrons. The highest BCUT2D eigenvalue weighted by Crippen LogP contribution is 2.35. The smallest absolute Gasteiger partial charge is 0.279 e. The molecule has 2 amide bonds. The van der Waals surface area contributed by atoms with Crippen LogP contribution in [0, 0.1) is 12.7 Å². The van der Waals surface area contributed by atoms with E-state index in [4.69, 9.17) is 0 Å². The summed E-state index contributed by atoms with van der Waals surface area (Å²) in [5.41, 5.74) is 5.13. The largest absolute Gasteiger partial charge is 0.324 e. The van der Waals surface area contributed by atoms with Crippen molar-refractivity contribution in [2.24, 2.45) is 0 Å². The molecule has 0 bridgehead atoms. The molecule has 1 aliphatic carbocycles. The number of aryl methyl sites for hydroxylation is 3. The number of halogens is 1. The topological polar surface area (TPSA) is 75.2 Å². The molecule has 1 heterocycles. The van der Waals surface area contributed by atoms with Crippen molar-refractivity contribution >= 4 is 23.2 Å². The molecule has 5 rings (SSSR count). The van der Waals surface area contributed by atoms with Crippen LogP contribution in [0.2, 0.25) is 0 Å². The third-order valence-corrected chi connectivity index (χ3v) is 6.46. The summed E-state index contributed by atoms with van der Waals surface area (Å²) in [4.78, 5) is 37.6. The van der Waals surface area contributed by atoms with E-state index in [-0.39, 0.29) is 5.69 Å². The maximum absolute atomic E-state index is 14.0. The average Bonchev–Trinajstić information content (AvgIpc) is 3.37. The number of rotatable bonds is 6. The van der Waals surface area contributed by atoms with Gasteiger partial charge in [-0.2, -0.15) is 0 Å². The second-order valence-electron chi connectivity index (χ2n) is 8.83. The van der Waals surface area contributed by atoms with Gasteiger partial charge in [-0.3, -0.25) is 19.5 Å². The highest BCUT2D eigenvalue weighted by molar-refractivity contribution is 6.11. The molecule has 3 aromatic carbocycles. The molecule has 1 aromatic heterocycles. The molecule has 0 unspecified atom stereocenters. The summed E-state index contributed by atoms with van der Waals surface area (Å²) in [6, 6.07) is 17.9. The first-order chi connectivity index (χ1) is 17.5. The monoisotopic (exact) mass is 480 g/mol. The van der Waals surface area contributed by atoms with Gasteiger partial charge in [-0.05, 0) is 84.8 Å². The van der Waals surface area contributed by atoms with E-state index in [1.165, 1.54) is 58.9 Å². The Balaban J connectivity index is 1.65. The van der Waals surface area contributed by atoms with Crippen LogP contribution < -0.4 is 10.2 Å². The fraction of sp³-hybridized carbons (Fsp3) is 0.172. The molecule has 4 aromatic rings. The molecule has 0 saturated heterocycles. The fourth-order valence-electron chi connectivity index (χ4n) is 4.66. The van der Waals surface area contributed by atoms with Crippen molar-refractivity contribution in [2.75, 3.05) is 10.2 Å². The highest BCUT2D eigenvalue weighted by atomic mass is 19.1. The molecular weight excluding hydrogens is 455 g/mol. The first kappa shape index (κ1) is 23.4. The number of nitrogens with zero attached hydrogens (tertiary/aromatic N) is 3. The molecule has 0 fully saturated rings. The summed E-state index contributed by atoms with van der Waals surface area (Å²) < 4.78 is 13.5. The number of nitrogens with one attached hydrogen (secondary N) is 1. The Morgan fingerprint density at radius 3 is 2.50 bits per heavy atom. The van der Waals surface area contributed by atoms with Gasteiger partial charge >= 0.3 is 0 Å². The highest BCUT2D eigenvalue weighted by Gasteiger charge is 2.35. The third-order valence-electron chi connectivity index (χ3n) is 6.46. The van der Waals surface area contributed by atoms with Crippen molar-refractivity contribution in [1.29, 1.82) is 0 Å². The summed E-state index contributed by atoms with van der Waals surface area (Å²) in [7, 11) is 0. The Bertz CT molecular complexity index is 1410. The number of amides is 2. The second-order valence-corrected chi connectivity index (χ2v) is 8.83. The summed E-state index contributed by atoms with van der Waals surface area (Å²) in [5, 5.41) is 2.87. The fourth-order valence-corrected chi connectivity index (χ4v) is 4.66. The number of benzene rings is 3. The molecule has 0 radical (unpaired) electrons. The van der Waals surface area contributed by atoms with Gasteiger partial charge in [-0.1, -0.05) is 30.3 Å². The molecule has 36 heavy (non-hydrogen) atoms. The number of hydrogen-bond donors (Lipinski definition) is 1. The first-order valence-electron chi connectivity index (χ1n) is 11.8. The Hall–Kier alpha value is -4.39. The SMILES string of the molecule is Cc1ccccc1[C@@H](C(=O)Nc1ccc(F)cc1)N(C(=O)c1cnccn1)c1ccc2c(c1)CCC2. The minimum Gasteiger partial charge on any atom is -0.324 e. The summed E-state index contributed by atoms with van der Waals surface area (Å²) in [6.45, 7) is 1.90. The number of anilines is 2. The predicted molar refractivity (Wildman–Crippen MR) is 136 cm³/mol. The lowest BCUT2D eigenvalue weighted by Gasteiger charge is -2.32. The van der Waals surface area contributed by atoms with Crippen LogP contribution in [0.25, 0.3) is 0 Å². The summed E-state index contributed by atoms with van der Waals surface area (Å²) in [5.74, 6) is -1.27. The van der Waals surface area contributed by atoms with Gasteiger partial charge in [0.15, 0.2) is 0 Å². The van der Waals surface area contributed by atoms with Crippen LogP contribution in [0.4, 0.5) is 15.8 Å². The van der Waals surface area contributed by atoms with E-state index in [2.05, 4.69) is 15.3 Å². The quantitative estimate of drug-likeness (QED) is 0.399. The molecule has 1 N–H and O–H groups in total. The number of aromatic nitrogens is 2. The normalized spacial score (nSPS) is 13.1. The number of hydrogen-bond acceptors (Lipinski definition) is 4. The second kappa shape index (κ2) is 10.1. The van der Waals surface area contributed by atoms with Crippen molar-refractivity contribution in [3.8, 4) is 0 Å². The van der Waals surface area contributed by atoms with Gasteiger partial charge < -0.3 is 5.32 Å². The van der Waals surface area contributed by atoms with Crippen LogP contribution in [0.3, 0.4) is 0 Å². The molecule has 1 aliphatic rings. The number of carbonyl (C=O) groups excluding carboxylic acids is 2. The molecular formula is C29H25FN4O2. The Morgan fingerprint density at radius 1 is 0.972 bits per heavy atom. The number of fused-ring (bicyclic) bond motifs is 1. The maximum Gasteiger partial charge on any atom is 0.279 e. The Labute approximate surface area is 208 Å². The van der Waals surface area contributed by atoms with Crippen LogP contribution in [-0.2, 0) is 17.6 Å². The zero-order chi connectivity index (χ0) is 25.1. The minimum absolute atomic E-state index is 0.131. The van der Waals surface area contributed by atoms with Gasteiger partial charge in [0.1, 0.15) is 17.6 Å². The van der Waals surface area contributed by atoms with Gasteiger partial charge in [0, 0.05) is 23.8 Å². The van der Waals surface area contributed by atoms with Crippen LogP contribution in [0.1, 0.15) is 45.2 Å². The number of carbonyl (C=O) groups is 2. The van der Waals surface area contributed by atoms with Crippen molar-refractivity contribution in [3.63, 3.8) is 0 Å². The third kappa shape index (κ3) is 4.73. The average molecular weight is 481 g/mol. The molecule has 0 saturated carbocycles. The molecule has 7 heteroatoms. The lowest BCUT2D eigenvalue weighted by molar-refractivity contribution is -0.117. The Kier molecular flexibility index (Phi) is 6.54. The molecule has 1 atom stereocenters. The van der Waals surface area contributed by atoms with E-state index >= 15 is 0 Å². The summed E-state index contributed by atoms with van der Waals surface area (Å²) in [6.07, 6.45) is 7.33. The zero-order valence-electron chi connectivity index (χ0n) is 19.8.